The van der Waals surface area contributed by atoms with Crippen molar-refractivity contribution in [1.82, 2.24) is 14.9 Å². The molecule has 0 atom stereocenters. The molecule has 3 aromatic rings. The summed E-state index contributed by atoms with van der Waals surface area (Å²) in [7, 11) is 3.19. The van der Waals surface area contributed by atoms with E-state index in [-0.39, 0.29) is 11.4 Å². The van der Waals surface area contributed by atoms with Crippen LogP contribution in [0.25, 0.3) is 11.4 Å². The van der Waals surface area contributed by atoms with E-state index in [0.29, 0.717) is 54.4 Å². The lowest BCUT2D eigenvalue weighted by molar-refractivity contribution is -0.137. The number of alkyl halides is 3. The molecule has 4 rings (SSSR count). The molecule has 168 valence electrons. The Labute approximate surface area is 182 Å². The van der Waals surface area contributed by atoms with Crippen molar-refractivity contribution in [2.24, 2.45) is 0 Å². The van der Waals surface area contributed by atoms with Crippen molar-refractivity contribution in [3.8, 4) is 22.9 Å². The Hall–Kier alpha value is -3.33. The molecule has 1 N–H and O–H groups in total. The number of ether oxygens (including phenoxy) is 2. The van der Waals surface area contributed by atoms with E-state index in [1.54, 1.807) is 14.2 Å². The minimum absolute atomic E-state index is 0.271. The highest BCUT2D eigenvalue weighted by Crippen LogP contribution is 2.31. The number of methoxy groups -OCH3 is 2. The Morgan fingerprint density at radius 3 is 2.50 bits per heavy atom. The summed E-state index contributed by atoms with van der Waals surface area (Å²) < 4.78 is 49.1. The summed E-state index contributed by atoms with van der Waals surface area (Å²) >= 11 is 0. The maximum Gasteiger partial charge on any atom is 0.416 e. The van der Waals surface area contributed by atoms with Crippen LogP contribution in [0.2, 0.25) is 0 Å². The number of aromatic amines is 1. The molecule has 0 aliphatic carbocycles. The van der Waals surface area contributed by atoms with E-state index in [4.69, 9.17) is 9.47 Å². The largest absolute Gasteiger partial charge is 0.497 e. The van der Waals surface area contributed by atoms with Crippen molar-refractivity contribution < 1.29 is 22.6 Å². The summed E-state index contributed by atoms with van der Waals surface area (Å²) in [4.78, 5) is 22.1. The van der Waals surface area contributed by atoms with Crippen LogP contribution in [0.4, 0.5) is 13.2 Å². The number of hydrogen-bond acceptors (Lipinski definition) is 5. The molecule has 0 fully saturated rings. The van der Waals surface area contributed by atoms with Crippen molar-refractivity contribution >= 4 is 0 Å². The second kappa shape index (κ2) is 8.66. The zero-order chi connectivity index (χ0) is 22.9. The summed E-state index contributed by atoms with van der Waals surface area (Å²) in [5, 5.41) is 0. The van der Waals surface area contributed by atoms with Gasteiger partial charge in [0.15, 0.2) is 0 Å². The molecule has 9 heteroatoms. The van der Waals surface area contributed by atoms with Gasteiger partial charge in [0.1, 0.15) is 17.3 Å². The maximum atomic E-state index is 12.8. The normalized spacial score (nSPS) is 14.2. The van der Waals surface area contributed by atoms with Crippen LogP contribution >= 0.6 is 0 Å². The molecule has 1 aliphatic rings. The minimum atomic E-state index is -4.41. The van der Waals surface area contributed by atoms with E-state index in [9.17, 15) is 18.0 Å². The van der Waals surface area contributed by atoms with Gasteiger partial charge in [-0.15, -0.1) is 0 Å². The molecule has 0 bridgehead atoms. The first-order valence-electron chi connectivity index (χ1n) is 10.0. The first-order valence-corrected chi connectivity index (χ1v) is 10.0. The average molecular weight is 445 g/mol. The van der Waals surface area contributed by atoms with Gasteiger partial charge in [-0.3, -0.25) is 9.69 Å². The molecule has 0 spiro atoms. The van der Waals surface area contributed by atoms with Crippen molar-refractivity contribution in [3.63, 3.8) is 0 Å². The van der Waals surface area contributed by atoms with Crippen molar-refractivity contribution in [2.75, 3.05) is 20.8 Å². The number of H-pyrrole nitrogens is 1. The maximum absolute atomic E-state index is 12.8. The zero-order valence-corrected chi connectivity index (χ0v) is 17.6. The molecular weight excluding hydrogens is 423 g/mol. The third-order valence-corrected chi connectivity index (χ3v) is 5.52. The number of aromatic nitrogens is 2. The molecule has 0 saturated heterocycles. The van der Waals surface area contributed by atoms with Gasteiger partial charge >= 0.3 is 6.18 Å². The summed E-state index contributed by atoms with van der Waals surface area (Å²) in [5.74, 6) is 1.68. The fraction of sp³-hybridized carbons (Fsp3) is 0.304. The Bertz CT molecular complexity index is 1170. The Kier molecular flexibility index (Phi) is 5.92. The Morgan fingerprint density at radius 2 is 1.84 bits per heavy atom. The number of nitrogens with zero attached hydrogens (tertiary/aromatic N) is 2. The zero-order valence-electron chi connectivity index (χ0n) is 17.6. The van der Waals surface area contributed by atoms with Crippen LogP contribution in [-0.2, 0) is 25.7 Å². The third-order valence-electron chi connectivity index (χ3n) is 5.52. The lowest BCUT2D eigenvalue weighted by Gasteiger charge is -2.28. The number of fused-ring (bicyclic) bond motifs is 1. The lowest BCUT2D eigenvalue weighted by Crippen LogP contribution is -2.35. The molecule has 1 aliphatic heterocycles. The molecule has 0 saturated carbocycles. The van der Waals surface area contributed by atoms with Gasteiger partial charge in [-0.2, -0.15) is 13.2 Å². The van der Waals surface area contributed by atoms with Crippen LogP contribution in [0.15, 0.2) is 47.3 Å². The van der Waals surface area contributed by atoms with Crippen LogP contribution in [0.5, 0.6) is 11.5 Å². The van der Waals surface area contributed by atoms with E-state index in [2.05, 4.69) is 14.9 Å². The van der Waals surface area contributed by atoms with Crippen molar-refractivity contribution in [2.45, 2.75) is 25.7 Å². The summed E-state index contributed by atoms with van der Waals surface area (Å²) in [6.45, 7) is 1.69. The number of halogens is 3. The second-order valence-electron chi connectivity index (χ2n) is 7.55. The standard InChI is InChI=1S/C23H22F3N3O3/c1-31-17-8-5-15(20(11-17)32-2)12-29-10-9-19-18(13-29)22(30)28-21(27-19)14-3-6-16(7-4-14)23(24,25)26/h3-8,11H,9-10,12-13H2,1-2H3,(H,27,28,30). The van der Waals surface area contributed by atoms with Gasteiger partial charge in [0, 0.05) is 43.2 Å². The summed E-state index contributed by atoms with van der Waals surface area (Å²) in [5.41, 5.74) is 1.62. The first kappa shape index (κ1) is 21.9. The Morgan fingerprint density at radius 1 is 1.09 bits per heavy atom. The van der Waals surface area contributed by atoms with Gasteiger partial charge in [-0.25, -0.2) is 4.98 Å². The van der Waals surface area contributed by atoms with E-state index in [1.165, 1.54) is 12.1 Å². The monoisotopic (exact) mass is 445 g/mol. The predicted molar refractivity (Wildman–Crippen MR) is 113 cm³/mol. The molecule has 0 radical (unpaired) electrons. The predicted octanol–water partition coefficient (Wildman–Crippen LogP) is 4.03. The van der Waals surface area contributed by atoms with Gasteiger partial charge in [-0.1, -0.05) is 18.2 Å². The lowest BCUT2D eigenvalue weighted by atomic mass is 10.0. The van der Waals surface area contributed by atoms with Gasteiger partial charge < -0.3 is 14.5 Å². The third kappa shape index (κ3) is 4.47. The number of hydrogen-bond donors (Lipinski definition) is 1. The van der Waals surface area contributed by atoms with Crippen LogP contribution in [0.1, 0.15) is 22.4 Å². The number of benzene rings is 2. The quantitative estimate of drug-likeness (QED) is 0.642. The summed E-state index contributed by atoms with van der Waals surface area (Å²) in [6.07, 6.45) is -3.85. The molecule has 2 aromatic carbocycles. The smallest absolute Gasteiger partial charge is 0.416 e. The highest BCUT2D eigenvalue weighted by Gasteiger charge is 2.30. The van der Waals surface area contributed by atoms with E-state index in [0.717, 1.165) is 17.7 Å². The molecule has 0 unspecified atom stereocenters. The topological polar surface area (TPSA) is 67.5 Å². The van der Waals surface area contributed by atoms with Gasteiger partial charge in [0.25, 0.3) is 5.56 Å². The van der Waals surface area contributed by atoms with E-state index in [1.807, 2.05) is 18.2 Å². The minimum Gasteiger partial charge on any atom is -0.497 e. The molecule has 1 aromatic heterocycles. The fourth-order valence-corrected chi connectivity index (χ4v) is 3.79. The molecule has 6 nitrogen and oxygen atoms in total. The highest BCUT2D eigenvalue weighted by atomic mass is 19.4. The number of rotatable bonds is 5. The SMILES string of the molecule is COc1ccc(CN2CCc3nc(-c4ccc(C(F)(F)F)cc4)[nH]c(=O)c3C2)c(OC)c1. The molecule has 32 heavy (non-hydrogen) atoms. The molecule has 2 heterocycles. The van der Waals surface area contributed by atoms with Crippen LogP contribution in [-0.4, -0.2) is 35.6 Å². The second-order valence-corrected chi connectivity index (χ2v) is 7.55. The van der Waals surface area contributed by atoms with E-state index < -0.39 is 11.7 Å². The van der Waals surface area contributed by atoms with Crippen LogP contribution in [0.3, 0.4) is 0 Å². The Balaban J connectivity index is 1.55. The fourth-order valence-electron chi connectivity index (χ4n) is 3.79. The number of nitrogens with one attached hydrogen (secondary N) is 1. The van der Waals surface area contributed by atoms with Crippen LogP contribution < -0.4 is 15.0 Å². The molecular formula is C23H22F3N3O3. The van der Waals surface area contributed by atoms with Crippen LogP contribution in [0, 0.1) is 0 Å². The first-order chi connectivity index (χ1) is 15.3. The van der Waals surface area contributed by atoms with Crippen molar-refractivity contribution in [3.05, 3.63) is 75.2 Å². The summed E-state index contributed by atoms with van der Waals surface area (Å²) in [6, 6.07) is 10.2. The van der Waals surface area contributed by atoms with E-state index >= 15 is 0 Å². The van der Waals surface area contributed by atoms with Gasteiger partial charge in [-0.05, 0) is 18.2 Å². The van der Waals surface area contributed by atoms with Gasteiger partial charge in [0.2, 0.25) is 0 Å². The van der Waals surface area contributed by atoms with Gasteiger partial charge in [0.05, 0.1) is 31.0 Å². The molecule has 0 amide bonds. The van der Waals surface area contributed by atoms with Crippen molar-refractivity contribution in [1.29, 1.82) is 0 Å². The highest BCUT2D eigenvalue weighted by molar-refractivity contribution is 5.56. The average Bonchev–Trinajstić information content (AvgIpc) is 2.79.